The lowest BCUT2D eigenvalue weighted by Gasteiger charge is -2.09. The van der Waals surface area contributed by atoms with Crippen molar-refractivity contribution in [2.75, 3.05) is 19.0 Å². The maximum Gasteiger partial charge on any atom is 0.416 e. The van der Waals surface area contributed by atoms with Gasteiger partial charge in [0.05, 0.1) is 17.9 Å². The van der Waals surface area contributed by atoms with Gasteiger partial charge in [0.2, 0.25) is 5.91 Å². The molecule has 2 aromatic rings. The molecule has 1 aromatic heterocycles. The summed E-state index contributed by atoms with van der Waals surface area (Å²) in [5, 5.41) is 3.09. The van der Waals surface area contributed by atoms with E-state index in [1.165, 1.54) is 24.5 Å². The minimum Gasteiger partial charge on any atom is -0.383 e. The fourth-order valence-corrected chi connectivity index (χ4v) is 3.80. The number of thiazole rings is 1. The first-order valence-corrected chi connectivity index (χ1v) is 9.30. The normalized spacial score (nSPS) is 15.0. The monoisotopic (exact) mass is 435 g/mol. The molecular formula is C18H21ClF3N3O2S. The van der Waals surface area contributed by atoms with Crippen LogP contribution in [0.3, 0.4) is 0 Å². The molecule has 154 valence electrons. The predicted molar refractivity (Wildman–Crippen MR) is 104 cm³/mol. The molecule has 1 amide bonds. The molecule has 1 fully saturated rings. The van der Waals surface area contributed by atoms with E-state index in [1.807, 2.05) is 0 Å². The average molecular weight is 436 g/mol. The Labute approximate surface area is 170 Å². The number of hydrogen-bond donors (Lipinski definition) is 2. The number of methoxy groups -OCH3 is 1. The summed E-state index contributed by atoms with van der Waals surface area (Å²) in [5.41, 5.74) is 6.45. The van der Waals surface area contributed by atoms with Crippen LogP contribution in [0.25, 0.3) is 0 Å². The number of rotatable bonds is 7. The molecule has 1 heterocycles. The summed E-state index contributed by atoms with van der Waals surface area (Å²) < 4.78 is 43.7. The van der Waals surface area contributed by atoms with Gasteiger partial charge < -0.3 is 15.8 Å². The third-order valence-electron chi connectivity index (χ3n) is 4.22. The molecule has 1 atom stereocenters. The molecule has 0 radical (unpaired) electrons. The predicted octanol–water partition coefficient (Wildman–Crippen LogP) is 3.96. The van der Waals surface area contributed by atoms with Crippen LogP contribution in [-0.4, -0.2) is 30.6 Å². The standard InChI is InChI=1S/C18H20F3N3O2S.ClH/c1-26-9-13(22)16(25)24-17-23-15(11-5-6-11)14(27-17)8-10-3-2-4-12(7-10)18(19,20)21;/h2-4,7,11,13H,5-6,8-9,22H2,1H3,(H,23,24,25);1H. The molecule has 3 rings (SSSR count). The molecule has 1 unspecified atom stereocenters. The van der Waals surface area contributed by atoms with Gasteiger partial charge in [0.15, 0.2) is 5.13 Å². The molecule has 0 bridgehead atoms. The zero-order valence-electron chi connectivity index (χ0n) is 15.1. The maximum atomic E-state index is 12.9. The van der Waals surface area contributed by atoms with E-state index in [1.54, 1.807) is 6.07 Å². The first-order valence-electron chi connectivity index (χ1n) is 8.49. The number of ether oxygens (including phenoxy) is 1. The van der Waals surface area contributed by atoms with Gasteiger partial charge in [-0.05, 0) is 24.5 Å². The number of amides is 1. The number of nitrogens with two attached hydrogens (primary N) is 1. The van der Waals surface area contributed by atoms with E-state index < -0.39 is 23.7 Å². The van der Waals surface area contributed by atoms with Gasteiger partial charge in [-0.1, -0.05) is 18.2 Å². The second-order valence-electron chi connectivity index (χ2n) is 6.53. The van der Waals surface area contributed by atoms with Crippen molar-refractivity contribution < 1.29 is 22.7 Å². The molecule has 28 heavy (non-hydrogen) atoms. The highest BCUT2D eigenvalue weighted by atomic mass is 35.5. The summed E-state index contributed by atoms with van der Waals surface area (Å²) in [7, 11) is 1.45. The summed E-state index contributed by atoms with van der Waals surface area (Å²) >= 11 is 1.28. The number of nitrogens with zero attached hydrogens (tertiary/aromatic N) is 1. The van der Waals surface area contributed by atoms with Gasteiger partial charge in [0.25, 0.3) is 0 Å². The van der Waals surface area contributed by atoms with Gasteiger partial charge in [-0.3, -0.25) is 4.79 Å². The topological polar surface area (TPSA) is 77.2 Å². The Morgan fingerprint density at radius 1 is 1.43 bits per heavy atom. The van der Waals surface area contributed by atoms with Crippen molar-refractivity contribution in [3.63, 3.8) is 0 Å². The van der Waals surface area contributed by atoms with Crippen molar-refractivity contribution in [1.82, 2.24) is 4.98 Å². The zero-order chi connectivity index (χ0) is 19.6. The number of benzene rings is 1. The Morgan fingerprint density at radius 2 is 2.14 bits per heavy atom. The second-order valence-corrected chi connectivity index (χ2v) is 7.61. The lowest BCUT2D eigenvalue weighted by atomic mass is 10.1. The molecule has 10 heteroatoms. The third-order valence-corrected chi connectivity index (χ3v) is 5.21. The van der Waals surface area contributed by atoms with Crippen molar-refractivity contribution in [3.05, 3.63) is 46.0 Å². The molecule has 0 spiro atoms. The molecule has 1 aromatic carbocycles. The summed E-state index contributed by atoms with van der Waals surface area (Å²) in [6.07, 6.45) is -2.04. The molecule has 3 N–H and O–H groups in total. The van der Waals surface area contributed by atoms with Crippen LogP contribution in [-0.2, 0) is 22.1 Å². The molecule has 0 aliphatic heterocycles. The fourth-order valence-electron chi connectivity index (χ4n) is 2.72. The van der Waals surface area contributed by atoms with E-state index in [0.717, 1.165) is 35.5 Å². The Hall–Kier alpha value is -1.68. The highest BCUT2D eigenvalue weighted by Crippen LogP contribution is 2.44. The van der Waals surface area contributed by atoms with Gasteiger partial charge in [0, 0.05) is 24.3 Å². The third kappa shape index (κ3) is 5.66. The van der Waals surface area contributed by atoms with Crippen molar-refractivity contribution in [2.45, 2.75) is 37.4 Å². The largest absolute Gasteiger partial charge is 0.416 e. The minimum atomic E-state index is -4.38. The van der Waals surface area contributed by atoms with Gasteiger partial charge >= 0.3 is 6.18 Å². The van der Waals surface area contributed by atoms with Gasteiger partial charge in [-0.2, -0.15) is 13.2 Å². The van der Waals surface area contributed by atoms with E-state index in [-0.39, 0.29) is 19.0 Å². The number of anilines is 1. The number of halogens is 4. The van der Waals surface area contributed by atoms with Crippen molar-refractivity contribution >= 4 is 34.8 Å². The Bertz CT molecular complexity index is 825. The molecule has 0 saturated heterocycles. The molecule has 1 saturated carbocycles. The fraction of sp³-hybridized carbons (Fsp3) is 0.444. The van der Waals surface area contributed by atoms with E-state index in [2.05, 4.69) is 10.3 Å². The van der Waals surface area contributed by atoms with Crippen LogP contribution < -0.4 is 11.1 Å². The van der Waals surface area contributed by atoms with Crippen molar-refractivity contribution in [1.29, 1.82) is 0 Å². The van der Waals surface area contributed by atoms with Gasteiger partial charge in [-0.25, -0.2) is 4.98 Å². The number of carbonyl (C=O) groups excluding carboxylic acids is 1. The van der Waals surface area contributed by atoms with E-state index in [9.17, 15) is 18.0 Å². The Morgan fingerprint density at radius 3 is 2.75 bits per heavy atom. The van der Waals surface area contributed by atoms with Gasteiger partial charge in [-0.15, -0.1) is 23.7 Å². The SMILES string of the molecule is COCC(N)C(=O)Nc1nc(C2CC2)c(Cc2cccc(C(F)(F)F)c2)s1.Cl. The van der Waals surface area contributed by atoms with Gasteiger partial charge in [0.1, 0.15) is 6.04 Å². The van der Waals surface area contributed by atoms with Crippen molar-refractivity contribution in [2.24, 2.45) is 5.73 Å². The van der Waals surface area contributed by atoms with Crippen molar-refractivity contribution in [3.8, 4) is 0 Å². The van der Waals surface area contributed by atoms with Crippen LogP contribution in [0.2, 0.25) is 0 Å². The summed E-state index contributed by atoms with van der Waals surface area (Å²) in [5.74, 6) is -0.0982. The minimum absolute atomic E-state index is 0. The van der Waals surface area contributed by atoms with Crippen LogP contribution in [0.4, 0.5) is 18.3 Å². The Kier molecular flexibility index (Phi) is 7.44. The maximum absolute atomic E-state index is 12.9. The number of hydrogen-bond acceptors (Lipinski definition) is 5. The lowest BCUT2D eigenvalue weighted by molar-refractivity contribution is -0.137. The van der Waals surface area contributed by atoms with Crippen LogP contribution in [0.15, 0.2) is 24.3 Å². The van der Waals surface area contributed by atoms with Crippen LogP contribution >= 0.6 is 23.7 Å². The molecular weight excluding hydrogens is 415 g/mol. The molecule has 5 nitrogen and oxygen atoms in total. The number of aromatic nitrogens is 1. The lowest BCUT2D eigenvalue weighted by Crippen LogP contribution is -2.39. The zero-order valence-corrected chi connectivity index (χ0v) is 16.7. The summed E-state index contributed by atoms with van der Waals surface area (Å²) in [4.78, 5) is 17.4. The number of alkyl halides is 3. The highest BCUT2D eigenvalue weighted by molar-refractivity contribution is 7.15. The average Bonchev–Trinajstić information content (AvgIpc) is 3.37. The highest BCUT2D eigenvalue weighted by Gasteiger charge is 2.32. The molecule has 1 aliphatic carbocycles. The quantitative estimate of drug-likeness (QED) is 0.690. The number of carbonyl (C=O) groups is 1. The first kappa shape index (κ1) is 22.6. The molecule has 1 aliphatic rings. The first-order chi connectivity index (χ1) is 12.8. The van der Waals surface area contributed by atoms with Crippen LogP contribution in [0.1, 0.15) is 40.5 Å². The van der Waals surface area contributed by atoms with E-state index in [4.69, 9.17) is 10.5 Å². The summed E-state index contributed by atoms with van der Waals surface area (Å²) in [6.45, 7) is 0.0871. The Balaban J connectivity index is 0.00000280. The second kappa shape index (κ2) is 9.21. The van der Waals surface area contributed by atoms with Crippen LogP contribution in [0.5, 0.6) is 0 Å². The summed E-state index contributed by atoms with van der Waals surface area (Å²) in [6, 6.07) is 4.47. The van der Waals surface area contributed by atoms with E-state index >= 15 is 0 Å². The smallest absolute Gasteiger partial charge is 0.383 e. The number of nitrogens with one attached hydrogen (secondary N) is 1. The van der Waals surface area contributed by atoms with E-state index in [0.29, 0.717) is 23.0 Å². The van der Waals surface area contributed by atoms with Crippen LogP contribution in [0, 0.1) is 0 Å².